The van der Waals surface area contributed by atoms with Crippen molar-refractivity contribution in [3.8, 4) is 0 Å². The van der Waals surface area contributed by atoms with Crippen molar-refractivity contribution in [2.24, 2.45) is 13.0 Å². The normalized spacial score (nSPS) is 16.2. The van der Waals surface area contributed by atoms with E-state index in [-0.39, 0.29) is 30.7 Å². The molecule has 1 saturated heterocycles. The second-order valence-corrected chi connectivity index (χ2v) is 11.1. The lowest BCUT2D eigenvalue weighted by Gasteiger charge is -2.33. The van der Waals surface area contributed by atoms with E-state index in [2.05, 4.69) is 25.6 Å². The minimum absolute atomic E-state index is 0.0862. The largest absolute Gasteiger partial charge is 0.416 e. The van der Waals surface area contributed by atoms with Crippen LogP contribution in [0.2, 0.25) is 0 Å². The van der Waals surface area contributed by atoms with Gasteiger partial charge in [-0.3, -0.25) is 4.98 Å². The summed E-state index contributed by atoms with van der Waals surface area (Å²) in [6.07, 6.45) is -1.40. The molecule has 0 bridgehead atoms. The molecule has 228 valence electrons. The Bertz CT molecular complexity index is 1310. The zero-order valence-corrected chi connectivity index (χ0v) is 23.3. The molecule has 1 aromatic carbocycles. The Morgan fingerprint density at radius 1 is 0.929 bits per heavy atom. The number of nitrogens with one attached hydrogen (secondary N) is 1. The van der Waals surface area contributed by atoms with E-state index in [1.807, 2.05) is 12.3 Å². The number of rotatable bonds is 11. The molecule has 3 aromatic rings. The number of benzene rings is 1. The van der Waals surface area contributed by atoms with Gasteiger partial charge in [0.25, 0.3) is 5.95 Å². The first-order chi connectivity index (χ1) is 20.0. The van der Waals surface area contributed by atoms with Crippen molar-refractivity contribution < 1.29 is 26.3 Å². The van der Waals surface area contributed by atoms with E-state index < -0.39 is 23.5 Å². The molecule has 0 amide bonds. The highest BCUT2D eigenvalue weighted by Crippen LogP contribution is 2.37. The smallest absolute Gasteiger partial charge is 0.370 e. The standard InChI is InChI=1S/C28H34F6N8/c1-40-38-26(37-39-40)42(17-20-11-22(27(29,30)31)14-23(12-20)28(32,33)34)18-21-13-24(41-9-4-10-41)16-36-25(21)7-8-35-15-19-5-2-3-6-19/h11-14,16,19,35H,2-10,15,17-18H2,1H3. The maximum absolute atomic E-state index is 13.6. The molecule has 14 heteroatoms. The van der Waals surface area contributed by atoms with Crippen LogP contribution in [0.3, 0.4) is 0 Å². The molecule has 2 fully saturated rings. The Morgan fingerprint density at radius 3 is 2.19 bits per heavy atom. The molecule has 2 aliphatic rings. The lowest BCUT2D eigenvalue weighted by Crippen LogP contribution is -2.37. The molecule has 8 nitrogen and oxygen atoms in total. The summed E-state index contributed by atoms with van der Waals surface area (Å²) in [5.41, 5.74) is -0.380. The van der Waals surface area contributed by atoms with Crippen LogP contribution >= 0.6 is 0 Å². The predicted molar refractivity (Wildman–Crippen MR) is 145 cm³/mol. The van der Waals surface area contributed by atoms with Gasteiger partial charge in [-0.2, -0.15) is 31.1 Å². The molecule has 5 rings (SSSR count). The van der Waals surface area contributed by atoms with Gasteiger partial charge in [0.1, 0.15) is 0 Å². The van der Waals surface area contributed by atoms with Gasteiger partial charge in [-0.15, -0.1) is 5.10 Å². The Kier molecular flexibility index (Phi) is 8.90. The number of alkyl halides is 6. The van der Waals surface area contributed by atoms with Crippen LogP contribution in [0.15, 0.2) is 30.5 Å². The first-order valence-corrected chi connectivity index (χ1v) is 14.2. The summed E-state index contributed by atoms with van der Waals surface area (Å²) in [6, 6.07) is 3.60. The number of hydrogen-bond acceptors (Lipinski definition) is 7. The Hall–Kier alpha value is -3.42. The first-order valence-electron chi connectivity index (χ1n) is 14.2. The minimum atomic E-state index is -4.94. The third kappa shape index (κ3) is 7.50. The summed E-state index contributed by atoms with van der Waals surface area (Å²) in [4.78, 5) is 9.64. The summed E-state index contributed by atoms with van der Waals surface area (Å²) >= 11 is 0. The maximum atomic E-state index is 13.6. The molecule has 1 aliphatic heterocycles. The molecule has 0 unspecified atom stereocenters. The van der Waals surface area contributed by atoms with Crippen LogP contribution in [0.1, 0.15) is 60.1 Å². The molecule has 3 heterocycles. The van der Waals surface area contributed by atoms with E-state index in [0.29, 0.717) is 18.9 Å². The number of hydrogen-bond donors (Lipinski definition) is 1. The lowest BCUT2D eigenvalue weighted by atomic mass is 10.0. The van der Waals surface area contributed by atoms with Gasteiger partial charge in [0.15, 0.2) is 0 Å². The fraction of sp³-hybridized carbons (Fsp3) is 0.571. The monoisotopic (exact) mass is 596 g/mol. The van der Waals surface area contributed by atoms with Crippen LogP contribution < -0.4 is 15.1 Å². The van der Waals surface area contributed by atoms with E-state index >= 15 is 0 Å². The van der Waals surface area contributed by atoms with Crippen LogP contribution in [0.4, 0.5) is 38.0 Å². The lowest BCUT2D eigenvalue weighted by molar-refractivity contribution is -0.143. The minimum Gasteiger partial charge on any atom is -0.370 e. The van der Waals surface area contributed by atoms with E-state index in [1.165, 1.54) is 42.4 Å². The number of pyridine rings is 1. The molecule has 0 spiro atoms. The molecule has 1 saturated carbocycles. The highest BCUT2D eigenvalue weighted by Gasteiger charge is 2.37. The van der Waals surface area contributed by atoms with Crippen LogP contribution in [-0.2, 0) is 38.9 Å². The average Bonchev–Trinajstić information content (AvgIpc) is 3.57. The van der Waals surface area contributed by atoms with Gasteiger partial charge in [-0.05, 0) is 72.3 Å². The van der Waals surface area contributed by atoms with Gasteiger partial charge in [0.2, 0.25) is 0 Å². The van der Waals surface area contributed by atoms with Gasteiger partial charge in [-0.25, -0.2) is 0 Å². The molecular formula is C28H34F6N8. The second kappa shape index (κ2) is 12.4. The topological polar surface area (TPSA) is 75.0 Å². The number of anilines is 2. The van der Waals surface area contributed by atoms with Crippen molar-refractivity contribution in [3.63, 3.8) is 0 Å². The predicted octanol–water partition coefficient (Wildman–Crippen LogP) is 5.38. The zero-order valence-electron chi connectivity index (χ0n) is 23.3. The number of tetrazole rings is 1. The van der Waals surface area contributed by atoms with E-state index in [0.717, 1.165) is 55.1 Å². The molecule has 0 atom stereocenters. The number of halogens is 6. The zero-order chi connectivity index (χ0) is 29.9. The molecule has 2 aromatic heterocycles. The van der Waals surface area contributed by atoms with Gasteiger partial charge in [0, 0.05) is 44.8 Å². The fourth-order valence-electron chi connectivity index (χ4n) is 5.50. The Morgan fingerprint density at radius 2 is 1.62 bits per heavy atom. The number of aryl methyl sites for hydroxylation is 1. The van der Waals surface area contributed by atoms with E-state index in [4.69, 9.17) is 4.98 Å². The van der Waals surface area contributed by atoms with Crippen molar-refractivity contribution >= 4 is 11.6 Å². The third-order valence-corrected chi connectivity index (χ3v) is 7.88. The Balaban J connectivity index is 1.43. The molecular weight excluding hydrogens is 562 g/mol. The average molecular weight is 597 g/mol. The molecule has 1 aliphatic carbocycles. The number of aromatic nitrogens is 5. The SMILES string of the molecule is Cn1nnc(N(Cc2cc(C(F)(F)F)cc(C(F)(F)F)c2)Cc2cc(N3CCC3)cnc2CCNCC2CCCC2)n1. The van der Waals surface area contributed by atoms with Crippen LogP contribution in [0.5, 0.6) is 0 Å². The van der Waals surface area contributed by atoms with Gasteiger partial charge in [-0.1, -0.05) is 17.9 Å². The van der Waals surface area contributed by atoms with E-state index in [1.54, 1.807) is 0 Å². The van der Waals surface area contributed by atoms with Crippen LogP contribution in [-0.4, -0.2) is 51.4 Å². The maximum Gasteiger partial charge on any atom is 0.416 e. The van der Waals surface area contributed by atoms with Gasteiger partial charge < -0.3 is 15.1 Å². The molecule has 1 N–H and O–H groups in total. The number of nitrogens with zero attached hydrogens (tertiary/aromatic N) is 7. The first kappa shape index (κ1) is 30.1. The summed E-state index contributed by atoms with van der Waals surface area (Å²) < 4.78 is 81.4. The summed E-state index contributed by atoms with van der Waals surface area (Å²) in [5, 5.41) is 15.6. The van der Waals surface area contributed by atoms with Crippen molar-refractivity contribution in [2.75, 3.05) is 36.0 Å². The molecule has 0 radical (unpaired) electrons. The van der Waals surface area contributed by atoms with E-state index in [9.17, 15) is 26.3 Å². The van der Waals surface area contributed by atoms with Crippen LogP contribution in [0, 0.1) is 5.92 Å². The quantitative estimate of drug-likeness (QED) is 0.235. The molecule has 42 heavy (non-hydrogen) atoms. The van der Waals surface area contributed by atoms with Crippen molar-refractivity contribution in [3.05, 3.63) is 58.4 Å². The van der Waals surface area contributed by atoms with Crippen molar-refractivity contribution in [1.29, 1.82) is 0 Å². The second-order valence-electron chi connectivity index (χ2n) is 11.1. The summed E-state index contributed by atoms with van der Waals surface area (Å²) in [7, 11) is 1.54. The Labute approximate surface area is 240 Å². The van der Waals surface area contributed by atoms with Gasteiger partial charge >= 0.3 is 12.4 Å². The highest BCUT2D eigenvalue weighted by molar-refractivity contribution is 5.50. The van der Waals surface area contributed by atoms with Crippen LogP contribution in [0.25, 0.3) is 0 Å². The van der Waals surface area contributed by atoms with Crippen molar-refractivity contribution in [1.82, 2.24) is 30.5 Å². The highest BCUT2D eigenvalue weighted by atomic mass is 19.4. The summed E-state index contributed by atoms with van der Waals surface area (Å²) in [6.45, 7) is 3.24. The third-order valence-electron chi connectivity index (χ3n) is 7.88. The summed E-state index contributed by atoms with van der Waals surface area (Å²) in [5.74, 6) is 0.765. The fourth-order valence-corrected chi connectivity index (χ4v) is 5.50. The van der Waals surface area contributed by atoms with Gasteiger partial charge in [0.05, 0.1) is 30.1 Å². The van der Waals surface area contributed by atoms with Crippen molar-refractivity contribution in [2.45, 2.75) is 64.0 Å².